The molecule has 0 aromatic heterocycles. The average Bonchev–Trinajstić information content (AvgIpc) is 2.79. The fourth-order valence-corrected chi connectivity index (χ4v) is 2.95. The molecule has 7 nitrogen and oxygen atoms in total. The zero-order valence-corrected chi connectivity index (χ0v) is 18.3. The Kier molecular flexibility index (Phi) is 7.46. The standard InChI is InChI=1S/C24H22ClN3O4/c1-15-6-5-7-18(14-15)23(30)26-19-12-10-17(11-13-19)24(31)28-27-22(29)16(2)32-21-9-4-3-8-20(21)25/h3-14,16H,1-2H3,(H,26,30)(H,27,29)(H,28,31). The Bertz CT molecular complexity index is 1130. The topological polar surface area (TPSA) is 96.5 Å². The number of hydrogen-bond acceptors (Lipinski definition) is 4. The van der Waals surface area contributed by atoms with E-state index >= 15 is 0 Å². The Morgan fingerprint density at radius 3 is 2.25 bits per heavy atom. The second-order valence-electron chi connectivity index (χ2n) is 7.03. The smallest absolute Gasteiger partial charge is 0.279 e. The molecule has 1 atom stereocenters. The monoisotopic (exact) mass is 451 g/mol. The van der Waals surface area contributed by atoms with E-state index in [4.69, 9.17) is 16.3 Å². The summed E-state index contributed by atoms with van der Waals surface area (Å²) in [6.45, 7) is 3.45. The second-order valence-corrected chi connectivity index (χ2v) is 7.44. The third-order valence-corrected chi connectivity index (χ3v) is 4.81. The molecule has 1 unspecified atom stereocenters. The van der Waals surface area contributed by atoms with Crippen LogP contribution in [0.25, 0.3) is 0 Å². The molecule has 0 saturated carbocycles. The van der Waals surface area contributed by atoms with Gasteiger partial charge in [-0.25, -0.2) is 0 Å². The van der Waals surface area contributed by atoms with Gasteiger partial charge >= 0.3 is 0 Å². The lowest BCUT2D eigenvalue weighted by molar-refractivity contribution is -0.128. The zero-order valence-electron chi connectivity index (χ0n) is 17.5. The number of nitrogens with one attached hydrogen (secondary N) is 3. The molecule has 3 aromatic carbocycles. The van der Waals surface area contributed by atoms with Gasteiger partial charge in [-0.1, -0.05) is 41.4 Å². The molecule has 0 fully saturated rings. The third-order valence-electron chi connectivity index (χ3n) is 4.49. The molecule has 0 aliphatic carbocycles. The van der Waals surface area contributed by atoms with Crippen molar-refractivity contribution in [3.05, 3.63) is 94.5 Å². The number of benzene rings is 3. The molecule has 0 bridgehead atoms. The highest BCUT2D eigenvalue weighted by Crippen LogP contribution is 2.24. The lowest BCUT2D eigenvalue weighted by atomic mass is 10.1. The number of para-hydroxylation sites is 1. The van der Waals surface area contributed by atoms with Crippen LogP contribution in [0.15, 0.2) is 72.8 Å². The van der Waals surface area contributed by atoms with Gasteiger partial charge in [0.25, 0.3) is 17.7 Å². The molecule has 3 N–H and O–H groups in total. The van der Waals surface area contributed by atoms with Crippen LogP contribution in [-0.2, 0) is 4.79 Å². The maximum atomic E-state index is 12.3. The van der Waals surface area contributed by atoms with Gasteiger partial charge in [0, 0.05) is 16.8 Å². The first-order chi connectivity index (χ1) is 15.3. The van der Waals surface area contributed by atoms with Crippen molar-refractivity contribution in [3.8, 4) is 5.75 Å². The average molecular weight is 452 g/mol. The minimum atomic E-state index is -0.880. The van der Waals surface area contributed by atoms with E-state index in [1.807, 2.05) is 19.1 Å². The lowest BCUT2D eigenvalue weighted by Gasteiger charge is -2.16. The highest BCUT2D eigenvalue weighted by atomic mass is 35.5. The summed E-state index contributed by atoms with van der Waals surface area (Å²) in [6.07, 6.45) is -0.880. The first-order valence-electron chi connectivity index (χ1n) is 9.83. The second kappa shape index (κ2) is 10.5. The van der Waals surface area contributed by atoms with Crippen molar-refractivity contribution in [1.82, 2.24) is 10.9 Å². The highest BCUT2D eigenvalue weighted by molar-refractivity contribution is 6.32. The van der Waals surface area contributed by atoms with Crippen LogP contribution in [-0.4, -0.2) is 23.8 Å². The Morgan fingerprint density at radius 2 is 1.56 bits per heavy atom. The number of ether oxygens (including phenoxy) is 1. The molecule has 164 valence electrons. The van der Waals surface area contributed by atoms with E-state index in [1.165, 1.54) is 19.1 Å². The van der Waals surface area contributed by atoms with Crippen LogP contribution >= 0.6 is 11.6 Å². The number of rotatable bonds is 6. The summed E-state index contributed by atoms with van der Waals surface area (Å²) < 4.78 is 5.51. The van der Waals surface area contributed by atoms with Gasteiger partial charge in [0.15, 0.2) is 6.10 Å². The number of anilines is 1. The number of hydrogen-bond donors (Lipinski definition) is 3. The minimum absolute atomic E-state index is 0.245. The van der Waals surface area contributed by atoms with Crippen molar-refractivity contribution in [2.45, 2.75) is 20.0 Å². The molecular formula is C24H22ClN3O4. The molecule has 0 radical (unpaired) electrons. The highest BCUT2D eigenvalue weighted by Gasteiger charge is 2.17. The maximum Gasteiger partial charge on any atom is 0.279 e. The molecule has 3 rings (SSSR count). The van der Waals surface area contributed by atoms with Crippen LogP contribution in [0.4, 0.5) is 5.69 Å². The lowest BCUT2D eigenvalue weighted by Crippen LogP contribution is -2.47. The van der Waals surface area contributed by atoms with Crippen molar-refractivity contribution >= 4 is 35.0 Å². The van der Waals surface area contributed by atoms with Crippen molar-refractivity contribution < 1.29 is 19.1 Å². The first-order valence-corrected chi connectivity index (χ1v) is 10.2. The molecule has 3 amide bonds. The number of carbonyl (C=O) groups is 3. The molecule has 0 spiro atoms. The van der Waals surface area contributed by atoms with Crippen LogP contribution in [0.1, 0.15) is 33.2 Å². The van der Waals surface area contributed by atoms with Crippen LogP contribution in [0.5, 0.6) is 5.75 Å². The minimum Gasteiger partial charge on any atom is -0.479 e. The number of halogens is 1. The molecule has 3 aromatic rings. The summed E-state index contributed by atoms with van der Waals surface area (Å²) in [7, 11) is 0. The fraction of sp³-hybridized carbons (Fsp3) is 0.125. The maximum absolute atomic E-state index is 12.3. The van der Waals surface area contributed by atoms with E-state index in [-0.39, 0.29) is 5.91 Å². The number of aryl methyl sites for hydroxylation is 1. The summed E-state index contributed by atoms with van der Waals surface area (Å²) in [4.78, 5) is 36.8. The molecule has 0 aliphatic heterocycles. The third kappa shape index (κ3) is 6.09. The summed E-state index contributed by atoms with van der Waals surface area (Å²) in [5.74, 6) is -0.933. The van der Waals surface area contributed by atoms with Gasteiger partial charge in [0.1, 0.15) is 5.75 Å². The molecule has 8 heteroatoms. The predicted molar refractivity (Wildman–Crippen MR) is 123 cm³/mol. The number of amides is 3. The molecule has 0 heterocycles. The van der Waals surface area contributed by atoms with E-state index < -0.39 is 17.9 Å². The Hall–Kier alpha value is -3.84. The van der Waals surface area contributed by atoms with Crippen molar-refractivity contribution in [2.24, 2.45) is 0 Å². The molecule has 0 saturated heterocycles. The Balaban J connectivity index is 1.51. The largest absolute Gasteiger partial charge is 0.479 e. The Morgan fingerprint density at radius 1 is 0.844 bits per heavy atom. The van der Waals surface area contributed by atoms with Gasteiger partial charge in [-0.3, -0.25) is 25.2 Å². The fourth-order valence-electron chi connectivity index (χ4n) is 2.77. The summed E-state index contributed by atoms with van der Waals surface area (Å²) in [6, 6.07) is 20.3. The van der Waals surface area contributed by atoms with Crippen LogP contribution in [0.3, 0.4) is 0 Å². The quantitative estimate of drug-likeness (QED) is 0.491. The molecule has 0 aliphatic rings. The predicted octanol–water partition coefficient (Wildman–Crippen LogP) is 4.13. The Labute approximate surface area is 190 Å². The van der Waals surface area contributed by atoms with Crippen molar-refractivity contribution in [2.75, 3.05) is 5.32 Å². The summed E-state index contributed by atoms with van der Waals surface area (Å²) in [5.41, 5.74) is 7.02. The van der Waals surface area contributed by atoms with Gasteiger partial charge in [-0.15, -0.1) is 0 Å². The van der Waals surface area contributed by atoms with E-state index in [9.17, 15) is 14.4 Å². The van der Waals surface area contributed by atoms with E-state index in [1.54, 1.807) is 48.5 Å². The van der Waals surface area contributed by atoms with E-state index in [2.05, 4.69) is 16.2 Å². The molecule has 32 heavy (non-hydrogen) atoms. The van der Waals surface area contributed by atoms with Gasteiger partial charge < -0.3 is 10.1 Å². The van der Waals surface area contributed by atoms with Crippen LogP contribution in [0.2, 0.25) is 5.02 Å². The summed E-state index contributed by atoms with van der Waals surface area (Å²) in [5, 5.41) is 3.16. The van der Waals surface area contributed by atoms with Gasteiger partial charge in [-0.2, -0.15) is 0 Å². The van der Waals surface area contributed by atoms with Crippen molar-refractivity contribution in [1.29, 1.82) is 0 Å². The van der Waals surface area contributed by atoms with Crippen LogP contribution < -0.4 is 20.9 Å². The van der Waals surface area contributed by atoms with Crippen molar-refractivity contribution in [3.63, 3.8) is 0 Å². The van der Waals surface area contributed by atoms with Gasteiger partial charge in [-0.05, 0) is 62.4 Å². The van der Waals surface area contributed by atoms with Gasteiger partial charge in [0.05, 0.1) is 5.02 Å². The van der Waals surface area contributed by atoms with E-state index in [0.29, 0.717) is 27.6 Å². The number of hydrazine groups is 1. The molecular weight excluding hydrogens is 430 g/mol. The van der Waals surface area contributed by atoms with E-state index in [0.717, 1.165) is 5.56 Å². The SMILES string of the molecule is Cc1cccc(C(=O)Nc2ccc(C(=O)NNC(=O)C(C)Oc3ccccc3Cl)cc2)c1. The van der Waals surface area contributed by atoms with Gasteiger partial charge in [0.2, 0.25) is 0 Å². The normalized spacial score (nSPS) is 11.2. The summed E-state index contributed by atoms with van der Waals surface area (Å²) >= 11 is 6.01. The first kappa shape index (κ1) is 22.8. The zero-order chi connectivity index (χ0) is 23.1. The number of carbonyl (C=O) groups excluding carboxylic acids is 3. The van der Waals surface area contributed by atoms with Crippen LogP contribution in [0, 0.1) is 6.92 Å².